The van der Waals surface area contributed by atoms with Gasteiger partial charge in [0.2, 0.25) is 0 Å². The zero-order chi connectivity index (χ0) is 9.60. The number of aromatic nitrogens is 4. The molecule has 1 aliphatic carbocycles. The number of hydrogen-bond donors (Lipinski definition) is 1. The van der Waals surface area contributed by atoms with Crippen LogP contribution in [0.3, 0.4) is 0 Å². The van der Waals surface area contributed by atoms with E-state index < -0.39 is 0 Å². The van der Waals surface area contributed by atoms with Crippen LogP contribution in [0.25, 0.3) is 5.78 Å². The summed E-state index contributed by atoms with van der Waals surface area (Å²) in [6.07, 6.45) is 6.59. The lowest BCUT2D eigenvalue weighted by Crippen LogP contribution is -2.25. The molecule has 0 aromatic carbocycles. The molecule has 5 heteroatoms. The Morgan fingerprint density at radius 3 is 3.07 bits per heavy atom. The van der Waals surface area contributed by atoms with Crippen LogP contribution in [-0.2, 0) is 6.42 Å². The van der Waals surface area contributed by atoms with E-state index in [1.807, 2.05) is 16.7 Å². The van der Waals surface area contributed by atoms with Gasteiger partial charge in [-0.25, -0.2) is 4.98 Å². The monoisotopic (exact) mass is 189 g/mol. The van der Waals surface area contributed by atoms with E-state index in [1.165, 1.54) is 0 Å². The summed E-state index contributed by atoms with van der Waals surface area (Å²) in [5, 5.41) is 8.07. The van der Waals surface area contributed by atoms with E-state index in [2.05, 4.69) is 15.2 Å². The van der Waals surface area contributed by atoms with Gasteiger partial charge in [0.1, 0.15) is 5.82 Å². The van der Waals surface area contributed by atoms with Crippen LogP contribution < -0.4 is 5.73 Å². The Morgan fingerprint density at radius 1 is 1.43 bits per heavy atom. The highest BCUT2D eigenvalue weighted by Gasteiger charge is 2.39. The Labute approximate surface area is 81.0 Å². The highest BCUT2D eigenvalue weighted by atomic mass is 15.3. The van der Waals surface area contributed by atoms with Crippen LogP contribution in [0.4, 0.5) is 0 Å². The summed E-state index contributed by atoms with van der Waals surface area (Å²) in [7, 11) is 0. The first kappa shape index (κ1) is 7.87. The van der Waals surface area contributed by atoms with E-state index >= 15 is 0 Å². The molecule has 2 aromatic rings. The van der Waals surface area contributed by atoms with Crippen molar-refractivity contribution in [3.63, 3.8) is 0 Å². The third kappa shape index (κ3) is 1.17. The van der Waals surface area contributed by atoms with Crippen LogP contribution >= 0.6 is 0 Å². The second-order valence-electron chi connectivity index (χ2n) is 3.95. The largest absolute Gasteiger partial charge is 0.325 e. The summed E-state index contributed by atoms with van der Waals surface area (Å²) in [5.74, 6) is 1.56. The van der Waals surface area contributed by atoms with Crippen molar-refractivity contribution in [1.29, 1.82) is 0 Å². The third-order valence-electron chi connectivity index (χ3n) is 2.66. The van der Waals surface area contributed by atoms with Crippen molar-refractivity contribution in [1.82, 2.24) is 19.6 Å². The van der Waals surface area contributed by atoms with Crippen LogP contribution in [0.1, 0.15) is 18.7 Å². The zero-order valence-corrected chi connectivity index (χ0v) is 7.72. The number of fused-ring (bicyclic) bond motifs is 1. The van der Waals surface area contributed by atoms with Crippen molar-refractivity contribution >= 4 is 5.78 Å². The molecule has 14 heavy (non-hydrogen) atoms. The lowest BCUT2D eigenvalue weighted by Gasteiger charge is -2.05. The van der Waals surface area contributed by atoms with Crippen molar-refractivity contribution in [3.05, 3.63) is 24.3 Å². The molecule has 1 saturated carbocycles. The van der Waals surface area contributed by atoms with Gasteiger partial charge in [-0.1, -0.05) is 0 Å². The Hall–Kier alpha value is -1.49. The Bertz CT molecular complexity index is 471. The van der Waals surface area contributed by atoms with Crippen LogP contribution in [0.15, 0.2) is 18.5 Å². The van der Waals surface area contributed by atoms with Gasteiger partial charge < -0.3 is 5.73 Å². The lowest BCUT2D eigenvalue weighted by molar-refractivity contribution is 0.638. The van der Waals surface area contributed by atoms with Gasteiger partial charge in [0.05, 0.1) is 0 Å². The van der Waals surface area contributed by atoms with Crippen LogP contribution in [0.2, 0.25) is 0 Å². The van der Waals surface area contributed by atoms with E-state index in [4.69, 9.17) is 5.73 Å². The van der Waals surface area contributed by atoms with Crippen LogP contribution in [0, 0.1) is 0 Å². The molecule has 1 fully saturated rings. The number of hydrogen-bond acceptors (Lipinski definition) is 4. The Kier molecular flexibility index (Phi) is 1.41. The van der Waals surface area contributed by atoms with Crippen molar-refractivity contribution in [2.24, 2.45) is 5.73 Å². The first-order chi connectivity index (χ1) is 6.77. The smallest absolute Gasteiger partial charge is 0.254 e. The van der Waals surface area contributed by atoms with Crippen molar-refractivity contribution < 1.29 is 0 Å². The molecule has 0 unspecified atom stereocenters. The highest BCUT2D eigenvalue weighted by Crippen LogP contribution is 2.34. The molecule has 0 aliphatic heterocycles. The molecule has 72 valence electrons. The fraction of sp³-hybridized carbons (Fsp3) is 0.444. The fourth-order valence-corrected chi connectivity index (χ4v) is 1.56. The summed E-state index contributed by atoms with van der Waals surface area (Å²) in [5.41, 5.74) is 6.00. The third-order valence-corrected chi connectivity index (χ3v) is 2.66. The van der Waals surface area contributed by atoms with Gasteiger partial charge in [0, 0.05) is 24.4 Å². The van der Waals surface area contributed by atoms with E-state index in [0.717, 1.165) is 25.1 Å². The maximum atomic E-state index is 6.03. The molecule has 0 radical (unpaired) electrons. The zero-order valence-electron chi connectivity index (χ0n) is 7.72. The highest BCUT2D eigenvalue weighted by molar-refractivity contribution is 5.27. The van der Waals surface area contributed by atoms with Gasteiger partial charge in [0.15, 0.2) is 0 Å². The normalized spacial score (nSPS) is 18.6. The average molecular weight is 189 g/mol. The predicted octanol–water partition coefficient (Wildman–Crippen LogP) is 0.158. The summed E-state index contributed by atoms with van der Waals surface area (Å²) in [4.78, 5) is 4.10. The maximum Gasteiger partial charge on any atom is 0.254 e. The van der Waals surface area contributed by atoms with Crippen molar-refractivity contribution in [2.75, 3.05) is 0 Å². The maximum absolute atomic E-state index is 6.03. The molecular weight excluding hydrogens is 178 g/mol. The van der Waals surface area contributed by atoms with Gasteiger partial charge >= 0.3 is 0 Å². The second-order valence-corrected chi connectivity index (χ2v) is 3.95. The van der Waals surface area contributed by atoms with Crippen LogP contribution in [-0.4, -0.2) is 25.1 Å². The standard InChI is InChI=1S/C9H11N5/c10-9(2-3-9)6-7-12-13-8-11-4-1-5-14(7)8/h1,4-5H,2-3,6,10H2. The number of nitrogens with two attached hydrogens (primary N) is 1. The molecule has 2 N–H and O–H groups in total. The minimum absolute atomic E-state index is 0.0290. The minimum Gasteiger partial charge on any atom is -0.325 e. The van der Waals surface area contributed by atoms with Crippen LogP contribution in [0.5, 0.6) is 0 Å². The Balaban J connectivity index is 2.04. The topological polar surface area (TPSA) is 69.1 Å². The van der Waals surface area contributed by atoms with Crippen molar-refractivity contribution in [3.8, 4) is 0 Å². The predicted molar refractivity (Wildman–Crippen MR) is 50.6 cm³/mol. The molecular formula is C9H11N5. The molecule has 5 nitrogen and oxygen atoms in total. The molecule has 0 saturated heterocycles. The quantitative estimate of drug-likeness (QED) is 0.730. The van der Waals surface area contributed by atoms with Gasteiger partial charge in [0.25, 0.3) is 5.78 Å². The van der Waals surface area contributed by atoms with E-state index in [9.17, 15) is 0 Å². The summed E-state index contributed by atoms with van der Waals surface area (Å²) >= 11 is 0. The average Bonchev–Trinajstić information content (AvgIpc) is 2.77. The summed E-state index contributed by atoms with van der Waals surface area (Å²) < 4.78 is 1.90. The second kappa shape index (κ2) is 2.51. The van der Waals surface area contributed by atoms with E-state index in [0.29, 0.717) is 5.78 Å². The van der Waals surface area contributed by atoms with Gasteiger partial charge in [-0.05, 0) is 18.9 Å². The van der Waals surface area contributed by atoms with E-state index in [-0.39, 0.29) is 5.54 Å². The van der Waals surface area contributed by atoms with E-state index in [1.54, 1.807) is 6.20 Å². The molecule has 2 aromatic heterocycles. The molecule has 0 atom stereocenters. The molecule has 3 rings (SSSR count). The molecule has 0 spiro atoms. The number of rotatable bonds is 2. The van der Waals surface area contributed by atoms with Gasteiger partial charge in [-0.3, -0.25) is 4.40 Å². The molecule has 0 amide bonds. The summed E-state index contributed by atoms with van der Waals surface area (Å²) in [6, 6.07) is 1.87. The first-order valence-electron chi connectivity index (χ1n) is 4.70. The summed E-state index contributed by atoms with van der Waals surface area (Å²) in [6.45, 7) is 0. The van der Waals surface area contributed by atoms with Crippen molar-refractivity contribution in [2.45, 2.75) is 24.8 Å². The lowest BCUT2D eigenvalue weighted by atomic mass is 10.2. The minimum atomic E-state index is -0.0290. The molecule has 2 heterocycles. The first-order valence-corrected chi connectivity index (χ1v) is 4.70. The SMILES string of the molecule is NC1(Cc2nnc3ncccn23)CC1. The Morgan fingerprint density at radius 2 is 2.29 bits per heavy atom. The van der Waals surface area contributed by atoms with Gasteiger partial charge in [-0.15, -0.1) is 10.2 Å². The van der Waals surface area contributed by atoms with Gasteiger partial charge in [-0.2, -0.15) is 0 Å². The molecule has 0 bridgehead atoms. The fourth-order valence-electron chi connectivity index (χ4n) is 1.56. The number of nitrogens with zero attached hydrogens (tertiary/aromatic N) is 4. The molecule has 1 aliphatic rings.